The number of benzene rings is 2. The second-order valence-corrected chi connectivity index (χ2v) is 8.25. The van der Waals surface area contributed by atoms with Gasteiger partial charge in [-0.3, -0.25) is 4.79 Å². The van der Waals surface area contributed by atoms with Gasteiger partial charge in [-0.1, -0.05) is 35.9 Å². The number of rotatable bonds is 5. The summed E-state index contributed by atoms with van der Waals surface area (Å²) >= 11 is 0. The van der Waals surface area contributed by atoms with Crippen LogP contribution in [0.4, 0.5) is 0 Å². The largest absolute Gasteiger partial charge is 0.349 e. The highest BCUT2D eigenvalue weighted by atomic mass is 32.2. The zero-order valence-electron chi connectivity index (χ0n) is 14.5. The van der Waals surface area contributed by atoms with Gasteiger partial charge in [-0.05, 0) is 49.6 Å². The second-order valence-electron chi connectivity index (χ2n) is 6.24. The molecule has 0 saturated carbocycles. The first-order valence-corrected chi connectivity index (χ1v) is 9.71. The number of hydrogen-bond donors (Lipinski definition) is 1. The molecule has 2 aromatic carbocycles. The van der Waals surface area contributed by atoms with E-state index < -0.39 is 9.84 Å². The van der Waals surface area contributed by atoms with Crippen LogP contribution in [-0.2, 0) is 21.1 Å². The zero-order valence-corrected chi connectivity index (χ0v) is 15.3. The Morgan fingerprint density at radius 2 is 1.71 bits per heavy atom. The maximum Gasteiger partial charge on any atom is 0.224 e. The number of carbonyl (C=O) groups excluding carboxylic acids is 1. The van der Waals surface area contributed by atoms with E-state index in [1.807, 2.05) is 39.0 Å². The molecule has 0 spiro atoms. The van der Waals surface area contributed by atoms with E-state index in [1.54, 1.807) is 24.3 Å². The highest BCUT2D eigenvalue weighted by Crippen LogP contribution is 2.17. The molecule has 0 aromatic heterocycles. The Kier molecular flexibility index (Phi) is 5.44. The molecule has 1 amide bonds. The average Bonchev–Trinajstić information content (AvgIpc) is 2.50. The Morgan fingerprint density at radius 3 is 2.29 bits per heavy atom. The summed E-state index contributed by atoms with van der Waals surface area (Å²) in [6.45, 7) is 5.89. The molecule has 2 rings (SSSR count). The van der Waals surface area contributed by atoms with E-state index >= 15 is 0 Å². The van der Waals surface area contributed by atoms with E-state index in [0.29, 0.717) is 6.42 Å². The van der Waals surface area contributed by atoms with Crippen molar-refractivity contribution in [2.75, 3.05) is 6.26 Å². The molecule has 0 heterocycles. The van der Waals surface area contributed by atoms with Crippen LogP contribution in [0.1, 0.15) is 35.2 Å². The van der Waals surface area contributed by atoms with Crippen molar-refractivity contribution in [3.8, 4) is 0 Å². The molecule has 24 heavy (non-hydrogen) atoms. The lowest BCUT2D eigenvalue weighted by atomic mass is 10.0. The quantitative estimate of drug-likeness (QED) is 0.905. The van der Waals surface area contributed by atoms with E-state index in [1.165, 1.54) is 6.26 Å². The van der Waals surface area contributed by atoms with Crippen LogP contribution in [0.5, 0.6) is 0 Å². The Bertz CT molecular complexity index is 839. The molecular formula is C19H23NO3S. The van der Waals surface area contributed by atoms with Crippen molar-refractivity contribution in [3.05, 3.63) is 64.7 Å². The minimum absolute atomic E-state index is 0.0524. The summed E-state index contributed by atoms with van der Waals surface area (Å²) in [6, 6.07) is 12.5. The van der Waals surface area contributed by atoms with Gasteiger partial charge in [-0.25, -0.2) is 8.42 Å². The zero-order chi connectivity index (χ0) is 17.9. The van der Waals surface area contributed by atoms with E-state index in [4.69, 9.17) is 0 Å². The van der Waals surface area contributed by atoms with Crippen LogP contribution in [0.2, 0.25) is 0 Å². The molecule has 128 valence electrons. The lowest BCUT2D eigenvalue weighted by Gasteiger charge is -2.15. The van der Waals surface area contributed by atoms with Gasteiger partial charge in [0.15, 0.2) is 9.84 Å². The lowest BCUT2D eigenvalue weighted by Crippen LogP contribution is -2.28. The van der Waals surface area contributed by atoms with Crippen LogP contribution in [-0.4, -0.2) is 20.6 Å². The van der Waals surface area contributed by atoms with Gasteiger partial charge in [0, 0.05) is 6.26 Å². The monoisotopic (exact) mass is 345 g/mol. The molecule has 0 saturated heterocycles. The number of amides is 1. The summed E-state index contributed by atoms with van der Waals surface area (Å²) in [7, 11) is -3.21. The summed E-state index contributed by atoms with van der Waals surface area (Å²) in [5.74, 6) is -0.0524. The highest BCUT2D eigenvalue weighted by molar-refractivity contribution is 7.90. The van der Waals surface area contributed by atoms with Crippen LogP contribution in [0.3, 0.4) is 0 Å². The predicted molar refractivity (Wildman–Crippen MR) is 95.7 cm³/mol. The summed E-state index contributed by atoms with van der Waals surface area (Å²) in [5, 5.41) is 2.96. The second kappa shape index (κ2) is 7.18. The first-order chi connectivity index (χ1) is 11.2. The predicted octanol–water partition coefficient (Wildman–Crippen LogP) is 3.13. The summed E-state index contributed by atoms with van der Waals surface area (Å²) in [6.07, 6.45) is 1.51. The number of carbonyl (C=O) groups is 1. The summed E-state index contributed by atoms with van der Waals surface area (Å²) in [5.41, 5.74) is 4.12. The van der Waals surface area contributed by atoms with Gasteiger partial charge in [0.25, 0.3) is 0 Å². The van der Waals surface area contributed by atoms with Crippen LogP contribution < -0.4 is 5.32 Å². The van der Waals surface area contributed by atoms with Gasteiger partial charge in [0.1, 0.15) is 0 Å². The minimum Gasteiger partial charge on any atom is -0.349 e. The molecule has 2 aromatic rings. The number of aryl methyl sites for hydroxylation is 2. The van der Waals surface area contributed by atoms with Gasteiger partial charge in [-0.2, -0.15) is 0 Å². The molecule has 4 nitrogen and oxygen atoms in total. The highest BCUT2D eigenvalue weighted by Gasteiger charge is 2.13. The van der Waals surface area contributed by atoms with Gasteiger partial charge in [0.05, 0.1) is 17.4 Å². The van der Waals surface area contributed by atoms with E-state index in [2.05, 4.69) is 5.32 Å². The van der Waals surface area contributed by atoms with E-state index in [9.17, 15) is 13.2 Å². The number of sulfone groups is 1. The summed E-state index contributed by atoms with van der Waals surface area (Å²) in [4.78, 5) is 12.6. The van der Waals surface area contributed by atoms with Crippen molar-refractivity contribution in [1.82, 2.24) is 5.32 Å². The Balaban J connectivity index is 2.05. The SMILES string of the molecule is Cc1ccc(C)c(CC(=O)N[C@@H](C)c2ccc(S(C)(=O)=O)cc2)c1. The van der Waals surface area contributed by atoms with Crippen LogP contribution in [0.15, 0.2) is 47.4 Å². The summed E-state index contributed by atoms with van der Waals surface area (Å²) < 4.78 is 23.0. The fourth-order valence-corrected chi connectivity index (χ4v) is 3.17. The van der Waals surface area contributed by atoms with Gasteiger partial charge in [0.2, 0.25) is 5.91 Å². The molecule has 0 radical (unpaired) electrons. The first-order valence-electron chi connectivity index (χ1n) is 7.82. The Hall–Kier alpha value is -2.14. The molecule has 0 aliphatic rings. The van der Waals surface area contributed by atoms with Crippen molar-refractivity contribution in [2.24, 2.45) is 0 Å². The molecule has 5 heteroatoms. The minimum atomic E-state index is -3.21. The fourth-order valence-electron chi connectivity index (χ4n) is 2.54. The molecular weight excluding hydrogens is 322 g/mol. The maximum absolute atomic E-state index is 12.3. The van der Waals surface area contributed by atoms with Gasteiger partial charge in [-0.15, -0.1) is 0 Å². The van der Waals surface area contributed by atoms with Crippen molar-refractivity contribution in [1.29, 1.82) is 0 Å². The van der Waals surface area contributed by atoms with E-state index in [0.717, 1.165) is 22.3 Å². The standard InChI is InChI=1S/C19H23NO3S/c1-13-5-6-14(2)17(11-13)12-19(21)20-15(3)16-7-9-18(10-8-16)24(4,22)23/h5-11,15H,12H2,1-4H3,(H,20,21)/t15-/m0/s1. The molecule has 0 unspecified atom stereocenters. The third-order valence-corrected chi connectivity index (χ3v) is 5.17. The Labute approximate surface area is 143 Å². The number of hydrogen-bond acceptors (Lipinski definition) is 3. The molecule has 0 aliphatic carbocycles. The normalized spacial score (nSPS) is 12.7. The maximum atomic E-state index is 12.3. The van der Waals surface area contributed by atoms with E-state index in [-0.39, 0.29) is 16.8 Å². The molecule has 0 bridgehead atoms. The molecule has 1 N–H and O–H groups in total. The van der Waals surface area contributed by atoms with Crippen molar-refractivity contribution < 1.29 is 13.2 Å². The molecule has 1 atom stereocenters. The third-order valence-electron chi connectivity index (χ3n) is 4.04. The van der Waals surface area contributed by atoms with Crippen molar-refractivity contribution in [2.45, 2.75) is 38.1 Å². The van der Waals surface area contributed by atoms with Crippen LogP contribution in [0, 0.1) is 13.8 Å². The van der Waals surface area contributed by atoms with Crippen LogP contribution >= 0.6 is 0 Å². The van der Waals surface area contributed by atoms with Gasteiger partial charge < -0.3 is 5.32 Å². The fraction of sp³-hybridized carbons (Fsp3) is 0.316. The van der Waals surface area contributed by atoms with Crippen molar-refractivity contribution >= 4 is 15.7 Å². The smallest absolute Gasteiger partial charge is 0.224 e. The third kappa shape index (κ3) is 4.68. The Morgan fingerprint density at radius 1 is 1.08 bits per heavy atom. The molecule has 0 fully saturated rings. The first kappa shape index (κ1) is 18.2. The van der Waals surface area contributed by atoms with Crippen molar-refractivity contribution in [3.63, 3.8) is 0 Å². The number of nitrogens with one attached hydrogen (secondary N) is 1. The lowest BCUT2D eigenvalue weighted by molar-refractivity contribution is -0.121. The van der Waals surface area contributed by atoms with Crippen LogP contribution in [0.25, 0.3) is 0 Å². The molecule has 0 aliphatic heterocycles. The topological polar surface area (TPSA) is 63.2 Å². The van der Waals surface area contributed by atoms with Gasteiger partial charge >= 0.3 is 0 Å². The average molecular weight is 345 g/mol.